The Morgan fingerprint density at radius 3 is 2.35 bits per heavy atom. The van der Waals surface area contributed by atoms with Crippen LogP contribution < -0.4 is 5.32 Å². The first-order valence-electron chi connectivity index (χ1n) is 8.54. The molecule has 0 spiro atoms. The lowest BCUT2D eigenvalue weighted by Crippen LogP contribution is -2.33. The number of carbonyl (C=O) groups is 1. The van der Waals surface area contributed by atoms with Crippen molar-refractivity contribution in [3.63, 3.8) is 0 Å². The summed E-state index contributed by atoms with van der Waals surface area (Å²) < 4.78 is 38.5. The number of nitrogens with one attached hydrogen (secondary N) is 1. The van der Waals surface area contributed by atoms with Gasteiger partial charge in [-0.25, -0.2) is 0 Å². The molecular weight excluding hydrogens is 343 g/mol. The summed E-state index contributed by atoms with van der Waals surface area (Å²) in [5.74, 6) is -0.179. The minimum atomic E-state index is -4.40. The van der Waals surface area contributed by atoms with E-state index in [9.17, 15) is 18.0 Å². The molecule has 0 radical (unpaired) electrons. The molecule has 0 saturated carbocycles. The molecule has 0 bridgehead atoms. The molecule has 7 heteroatoms. The van der Waals surface area contributed by atoms with Crippen molar-refractivity contribution in [2.24, 2.45) is 0 Å². The molecule has 0 saturated heterocycles. The van der Waals surface area contributed by atoms with Gasteiger partial charge in [-0.15, -0.1) is 0 Å². The maximum Gasteiger partial charge on any atom is 0.416 e. The van der Waals surface area contributed by atoms with Gasteiger partial charge in [-0.05, 0) is 43.2 Å². The highest BCUT2D eigenvalue weighted by molar-refractivity contribution is 5.93. The van der Waals surface area contributed by atoms with Crippen molar-refractivity contribution in [3.05, 3.63) is 53.9 Å². The van der Waals surface area contributed by atoms with Crippen LogP contribution >= 0.6 is 0 Å². The highest BCUT2D eigenvalue weighted by atomic mass is 19.4. The Bertz CT molecular complexity index is 741. The predicted octanol–water partition coefficient (Wildman–Crippen LogP) is 5.11. The number of amides is 1. The number of halogens is 3. The van der Waals surface area contributed by atoms with E-state index in [0.717, 1.165) is 25.0 Å². The Morgan fingerprint density at radius 1 is 1.08 bits per heavy atom. The van der Waals surface area contributed by atoms with Gasteiger partial charge in [0.2, 0.25) is 0 Å². The summed E-state index contributed by atoms with van der Waals surface area (Å²) >= 11 is 0. The highest BCUT2D eigenvalue weighted by Gasteiger charge is 2.30. The molecule has 0 unspecified atom stereocenters. The van der Waals surface area contributed by atoms with Crippen LogP contribution in [0.1, 0.15) is 42.7 Å². The number of benzene rings is 1. The first kappa shape index (κ1) is 19.8. The van der Waals surface area contributed by atoms with Gasteiger partial charge in [0.15, 0.2) is 0 Å². The minimum absolute atomic E-state index is 0.179. The molecule has 2 rings (SSSR count). The monoisotopic (exact) mass is 365 g/mol. The van der Waals surface area contributed by atoms with E-state index in [1.54, 1.807) is 17.0 Å². The number of hydrogen-bond donors (Lipinski definition) is 1. The Hall–Kier alpha value is -2.57. The lowest BCUT2D eigenvalue weighted by atomic mass is 10.2. The maximum absolute atomic E-state index is 12.8. The predicted molar refractivity (Wildman–Crippen MR) is 95.4 cm³/mol. The quantitative estimate of drug-likeness (QED) is 0.742. The lowest BCUT2D eigenvalue weighted by Gasteiger charge is -2.21. The second-order valence-electron chi connectivity index (χ2n) is 5.93. The Morgan fingerprint density at radius 2 is 1.73 bits per heavy atom. The van der Waals surface area contributed by atoms with Crippen molar-refractivity contribution in [1.82, 2.24) is 9.88 Å². The van der Waals surface area contributed by atoms with Crippen molar-refractivity contribution < 1.29 is 18.0 Å². The van der Waals surface area contributed by atoms with Crippen molar-refractivity contribution in [2.75, 3.05) is 18.4 Å². The Balaban J connectivity index is 2.20. The number of aromatic nitrogens is 1. The third-order valence-corrected chi connectivity index (χ3v) is 3.73. The molecule has 0 atom stereocenters. The van der Waals surface area contributed by atoms with Crippen LogP contribution in [0.25, 0.3) is 0 Å². The Labute approximate surface area is 151 Å². The number of alkyl halides is 3. The molecule has 2 aromatic rings. The largest absolute Gasteiger partial charge is 0.416 e. The maximum atomic E-state index is 12.8. The molecule has 4 nitrogen and oxygen atoms in total. The average Bonchev–Trinajstić information content (AvgIpc) is 2.61. The summed E-state index contributed by atoms with van der Waals surface area (Å²) in [6, 6.07) is 8.09. The van der Waals surface area contributed by atoms with E-state index >= 15 is 0 Å². The van der Waals surface area contributed by atoms with Crippen molar-refractivity contribution >= 4 is 17.3 Å². The lowest BCUT2D eigenvalue weighted by molar-refractivity contribution is -0.137. The SMILES string of the molecule is CCCN(CCC)C(=O)c1cc(Nc2cccc(C(F)(F)F)c2)ccn1. The molecule has 1 N–H and O–H groups in total. The molecule has 1 aromatic carbocycles. The van der Waals surface area contributed by atoms with Crippen LogP contribution in [0, 0.1) is 0 Å². The fourth-order valence-corrected chi connectivity index (χ4v) is 2.58. The smallest absolute Gasteiger partial charge is 0.355 e. The molecule has 1 amide bonds. The topological polar surface area (TPSA) is 45.2 Å². The van der Waals surface area contributed by atoms with Crippen LogP contribution in [0.2, 0.25) is 0 Å². The first-order valence-corrected chi connectivity index (χ1v) is 8.54. The molecule has 0 aliphatic carbocycles. The third kappa shape index (κ3) is 5.21. The van der Waals surface area contributed by atoms with E-state index in [-0.39, 0.29) is 11.6 Å². The number of hydrogen-bond acceptors (Lipinski definition) is 3. The average molecular weight is 365 g/mol. The molecule has 0 aliphatic heterocycles. The summed E-state index contributed by atoms with van der Waals surface area (Å²) in [6.45, 7) is 5.27. The number of anilines is 2. The summed E-state index contributed by atoms with van der Waals surface area (Å²) in [6.07, 6.45) is -1.25. The van der Waals surface area contributed by atoms with Gasteiger partial charge in [0, 0.05) is 30.7 Å². The fraction of sp³-hybridized carbons (Fsp3) is 0.368. The van der Waals surface area contributed by atoms with Crippen LogP contribution in [0.15, 0.2) is 42.6 Å². The second kappa shape index (κ2) is 8.69. The number of rotatable bonds is 7. The Kier molecular flexibility index (Phi) is 6.60. The number of nitrogens with zero attached hydrogens (tertiary/aromatic N) is 2. The molecular formula is C19H22F3N3O. The van der Waals surface area contributed by atoms with Crippen molar-refractivity contribution in [1.29, 1.82) is 0 Å². The van der Waals surface area contributed by atoms with Gasteiger partial charge in [-0.1, -0.05) is 19.9 Å². The highest BCUT2D eigenvalue weighted by Crippen LogP contribution is 2.31. The van der Waals surface area contributed by atoms with Gasteiger partial charge in [0.1, 0.15) is 5.69 Å². The minimum Gasteiger partial charge on any atom is -0.355 e. The van der Waals surface area contributed by atoms with E-state index in [2.05, 4.69) is 10.3 Å². The second-order valence-corrected chi connectivity index (χ2v) is 5.93. The number of carbonyl (C=O) groups excluding carboxylic acids is 1. The van der Waals surface area contributed by atoms with Gasteiger partial charge in [-0.3, -0.25) is 9.78 Å². The van der Waals surface area contributed by atoms with Crippen molar-refractivity contribution in [2.45, 2.75) is 32.9 Å². The molecule has 0 aliphatic rings. The van der Waals surface area contributed by atoms with E-state index in [1.807, 2.05) is 13.8 Å². The zero-order valence-corrected chi connectivity index (χ0v) is 14.8. The van der Waals surface area contributed by atoms with Crippen LogP contribution in [-0.4, -0.2) is 28.9 Å². The summed E-state index contributed by atoms with van der Waals surface area (Å²) in [5.41, 5.74) is 0.341. The molecule has 140 valence electrons. The van der Waals surface area contributed by atoms with Crippen molar-refractivity contribution in [3.8, 4) is 0 Å². The molecule has 1 aromatic heterocycles. The summed E-state index contributed by atoms with van der Waals surface area (Å²) in [7, 11) is 0. The zero-order valence-electron chi connectivity index (χ0n) is 14.8. The van der Waals surface area contributed by atoms with Gasteiger partial charge in [-0.2, -0.15) is 13.2 Å². The van der Waals surface area contributed by atoms with Crippen LogP contribution in [0.5, 0.6) is 0 Å². The standard InChI is InChI=1S/C19H22F3N3O/c1-3-10-25(11-4-2)18(26)17-13-16(8-9-23-17)24-15-7-5-6-14(12-15)19(20,21)22/h5-9,12-13H,3-4,10-11H2,1-2H3,(H,23,24). The van der Waals surface area contributed by atoms with Crippen LogP contribution in [0.3, 0.4) is 0 Å². The van der Waals surface area contributed by atoms with Gasteiger partial charge in [0.25, 0.3) is 5.91 Å². The van der Waals surface area contributed by atoms with E-state index < -0.39 is 11.7 Å². The molecule has 26 heavy (non-hydrogen) atoms. The summed E-state index contributed by atoms with van der Waals surface area (Å²) in [5, 5.41) is 2.90. The first-order chi connectivity index (χ1) is 12.3. The fourth-order valence-electron chi connectivity index (χ4n) is 2.58. The van der Waals surface area contributed by atoms with Crippen LogP contribution in [-0.2, 0) is 6.18 Å². The number of pyridine rings is 1. The molecule has 1 heterocycles. The zero-order chi connectivity index (χ0) is 19.2. The van der Waals surface area contributed by atoms with Crippen LogP contribution in [0.4, 0.5) is 24.5 Å². The third-order valence-electron chi connectivity index (χ3n) is 3.73. The van der Waals surface area contributed by atoms with E-state index in [4.69, 9.17) is 0 Å². The van der Waals surface area contributed by atoms with Gasteiger partial charge < -0.3 is 10.2 Å². The van der Waals surface area contributed by atoms with Gasteiger partial charge >= 0.3 is 6.18 Å². The van der Waals surface area contributed by atoms with E-state index in [0.29, 0.717) is 24.5 Å². The summed E-state index contributed by atoms with van der Waals surface area (Å²) in [4.78, 5) is 18.4. The normalized spacial score (nSPS) is 11.3. The van der Waals surface area contributed by atoms with Gasteiger partial charge in [0.05, 0.1) is 5.56 Å². The molecule has 0 fully saturated rings. The van der Waals surface area contributed by atoms with E-state index in [1.165, 1.54) is 18.3 Å².